The predicted octanol–water partition coefficient (Wildman–Crippen LogP) is 7.88. The van der Waals surface area contributed by atoms with Gasteiger partial charge >= 0.3 is 18.0 Å². The molecule has 4 aromatic carbocycles. The highest BCUT2D eigenvalue weighted by molar-refractivity contribution is 7.88. The number of benzene rings is 4. The average Bonchev–Trinajstić information content (AvgIpc) is 3.79. The number of carboxylic acid groups (broad SMARTS) is 2. The number of sulfonamides is 1. The van der Waals surface area contributed by atoms with Gasteiger partial charge in [-0.25, -0.2) is 27.2 Å². The fraction of sp³-hybridized carbons (Fsp3) is 0.347. The number of imide groups is 1. The van der Waals surface area contributed by atoms with Gasteiger partial charge in [-0.1, -0.05) is 48.0 Å². The molecule has 5 amide bonds. The van der Waals surface area contributed by atoms with Crippen LogP contribution in [0.3, 0.4) is 0 Å². The largest absolute Gasteiger partial charge is 0.479 e. The number of likely N-dealkylation sites (tertiary alicyclic amines) is 1. The van der Waals surface area contributed by atoms with Crippen molar-refractivity contribution in [1.82, 2.24) is 14.5 Å². The fourth-order valence-electron chi connectivity index (χ4n) is 10.2. The Morgan fingerprint density at radius 1 is 0.957 bits per heavy atom. The molecule has 5 N–H and O–H groups in total. The van der Waals surface area contributed by atoms with Crippen molar-refractivity contribution in [2.45, 2.75) is 81.7 Å². The number of carboxylic acids is 2. The van der Waals surface area contributed by atoms with Crippen molar-refractivity contribution in [1.29, 1.82) is 0 Å². The van der Waals surface area contributed by atoms with E-state index in [4.69, 9.17) is 21.4 Å². The van der Waals surface area contributed by atoms with Gasteiger partial charge in [0.15, 0.2) is 17.2 Å². The lowest BCUT2D eigenvalue weighted by molar-refractivity contribution is -0.139. The van der Waals surface area contributed by atoms with Gasteiger partial charge in [0.2, 0.25) is 21.8 Å². The Kier molecular flexibility index (Phi) is 13.1. The normalized spacial score (nSPS) is 19.6. The number of hydrogen-bond donors (Lipinski definition) is 5. The van der Waals surface area contributed by atoms with Gasteiger partial charge in [0.1, 0.15) is 16.9 Å². The van der Waals surface area contributed by atoms with Crippen molar-refractivity contribution in [2.24, 2.45) is 0 Å². The number of aliphatic carboxylic acids is 1. The number of nitrogens with one attached hydrogen (secondary N) is 3. The van der Waals surface area contributed by atoms with Gasteiger partial charge in [-0.3, -0.25) is 24.6 Å². The fourth-order valence-corrected chi connectivity index (χ4v) is 13.6. The lowest BCUT2D eigenvalue weighted by atomic mass is 9.85. The first kappa shape index (κ1) is 48.4. The van der Waals surface area contributed by atoms with Gasteiger partial charge < -0.3 is 30.5 Å². The Bertz CT molecular complexity index is 3120. The summed E-state index contributed by atoms with van der Waals surface area (Å²) < 4.78 is 50.1. The number of carbonyl (C=O) groups is 6. The Morgan fingerprint density at radius 2 is 1.71 bits per heavy atom. The van der Waals surface area contributed by atoms with E-state index in [9.17, 15) is 42.3 Å². The minimum absolute atomic E-state index is 0.0240. The summed E-state index contributed by atoms with van der Waals surface area (Å²) in [5, 5.41) is 28.9. The van der Waals surface area contributed by atoms with E-state index in [0.29, 0.717) is 71.7 Å². The number of amides is 5. The molecule has 3 saturated heterocycles. The van der Waals surface area contributed by atoms with Crippen molar-refractivity contribution in [2.75, 3.05) is 41.8 Å². The Hall–Kier alpha value is -6.61. The molecule has 1 unspecified atom stereocenters. The van der Waals surface area contributed by atoms with Gasteiger partial charge in [0, 0.05) is 54.3 Å². The Balaban J connectivity index is 0.816. The molecule has 70 heavy (non-hydrogen) atoms. The lowest BCUT2D eigenvalue weighted by Gasteiger charge is -2.45. The maximum Gasteiger partial charge on any atom is 0.349 e. The molecule has 4 aliphatic rings. The first-order valence-electron chi connectivity index (χ1n) is 22.6. The average molecular weight is 1020 g/mol. The van der Waals surface area contributed by atoms with Crippen LogP contribution in [-0.2, 0) is 30.2 Å². The van der Waals surface area contributed by atoms with Crippen molar-refractivity contribution in [3.8, 4) is 16.2 Å². The molecule has 17 nitrogen and oxygen atoms in total. The van der Waals surface area contributed by atoms with Gasteiger partial charge in [-0.05, 0) is 110 Å². The molecule has 1 aromatic heterocycles. The first-order chi connectivity index (χ1) is 33.3. The second-order valence-corrected chi connectivity index (χ2v) is 21.8. The number of piperidine rings is 3. The Morgan fingerprint density at radius 3 is 2.43 bits per heavy atom. The van der Waals surface area contributed by atoms with E-state index >= 15 is 4.39 Å². The van der Waals surface area contributed by atoms with E-state index in [0.717, 1.165) is 33.7 Å². The van der Waals surface area contributed by atoms with Crippen LogP contribution in [0.5, 0.6) is 5.75 Å². The van der Waals surface area contributed by atoms with E-state index in [-0.39, 0.29) is 64.5 Å². The summed E-state index contributed by atoms with van der Waals surface area (Å²) in [5.41, 5.74) is 2.66. The molecule has 2 atom stereocenters. The molecule has 0 bridgehead atoms. The second kappa shape index (κ2) is 19.0. The van der Waals surface area contributed by atoms with Crippen molar-refractivity contribution in [3.05, 3.63) is 105 Å². The van der Waals surface area contributed by atoms with E-state index < -0.39 is 63.7 Å². The molecule has 366 valence electrons. The highest BCUT2D eigenvalue weighted by Crippen LogP contribution is 2.47. The molecule has 0 spiro atoms. The quantitative estimate of drug-likeness (QED) is 0.0709. The second-order valence-electron chi connectivity index (χ2n) is 18.5. The SMILES string of the molecule is CC1(C)C[C@H](Nc2cccc(-c3sc(C(=O)O)c(OCC(=O)O)c3Cl)c2)CCN1S(=O)(=O)Cc1ccc(F)c(NC(=O)N2CCC(c3ccc4c5c(cccc35)C(=O)N4C3CCC(=O)NC3=O)CC2)c1. The van der Waals surface area contributed by atoms with Crippen LogP contribution in [0.2, 0.25) is 5.02 Å². The van der Waals surface area contributed by atoms with Crippen LogP contribution < -0.4 is 25.6 Å². The highest BCUT2D eigenvalue weighted by Gasteiger charge is 2.43. The zero-order valence-electron chi connectivity index (χ0n) is 37.9. The summed E-state index contributed by atoms with van der Waals surface area (Å²) in [6.07, 6.45) is 2.39. The van der Waals surface area contributed by atoms with Crippen LogP contribution in [-0.4, -0.2) is 107 Å². The number of nitrogens with zero attached hydrogens (tertiary/aromatic N) is 3. The van der Waals surface area contributed by atoms with Crippen LogP contribution in [0.4, 0.5) is 26.2 Å². The highest BCUT2D eigenvalue weighted by atomic mass is 35.5. The smallest absolute Gasteiger partial charge is 0.349 e. The molecule has 0 saturated carbocycles. The van der Waals surface area contributed by atoms with Gasteiger partial charge in [0.05, 0.1) is 22.0 Å². The third kappa shape index (κ3) is 9.39. The summed E-state index contributed by atoms with van der Waals surface area (Å²) in [6.45, 7) is 3.77. The number of aromatic carboxylic acids is 1. The topological polar surface area (TPSA) is 232 Å². The van der Waals surface area contributed by atoms with Crippen molar-refractivity contribution >= 4 is 96.5 Å². The lowest BCUT2D eigenvalue weighted by Crippen LogP contribution is -2.55. The molecular weight excluding hydrogens is 967 g/mol. The first-order valence-corrected chi connectivity index (χ1v) is 25.4. The predicted molar refractivity (Wildman–Crippen MR) is 261 cm³/mol. The van der Waals surface area contributed by atoms with Crippen molar-refractivity contribution in [3.63, 3.8) is 0 Å². The summed E-state index contributed by atoms with van der Waals surface area (Å²) in [7, 11) is -3.95. The number of thiophene rings is 1. The minimum atomic E-state index is -3.95. The van der Waals surface area contributed by atoms with Gasteiger partial charge in [-0.15, -0.1) is 11.3 Å². The number of ether oxygens (including phenoxy) is 1. The molecule has 9 rings (SSSR count). The zero-order chi connectivity index (χ0) is 49.8. The van der Waals surface area contributed by atoms with E-state index in [1.807, 2.05) is 44.2 Å². The van der Waals surface area contributed by atoms with Crippen LogP contribution in [0, 0.1) is 5.82 Å². The zero-order valence-corrected chi connectivity index (χ0v) is 40.3. The molecular formula is C49H48ClFN6O11S2. The molecule has 21 heteroatoms. The summed E-state index contributed by atoms with van der Waals surface area (Å²) in [6, 6.07) is 18.8. The third-order valence-electron chi connectivity index (χ3n) is 13.4. The van der Waals surface area contributed by atoms with Gasteiger partial charge in [0.25, 0.3) is 5.91 Å². The van der Waals surface area contributed by atoms with Crippen LogP contribution in [0.25, 0.3) is 21.2 Å². The summed E-state index contributed by atoms with van der Waals surface area (Å²) in [4.78, 5) is 78.1. The van der Waals surface area contributed by atoms with E-state index in [1.54, 1.807) is 29.2 Å². The van der Waals surface area contributed by atoms with Gasteiger partial charge in [-0.2, -0.15) is 4.31 Å². The third-order valence-corrected chi connectivity index (χ3v) is 17.1. The van der Waals surface area contributed by atoms with Crippen LogP contribution in [0.1, 0.15) is 89.4 Å². The standard InChI is InChI=1S/C49H48ClFN6O11S2/c1-49(2)23-30(52-29-6-3-5-28(22-29)43-41(50)42(68-24-39(59)60)44(69-43)47(63)64)17-20-56(49)70(66,67)25-26-9-11-34(51)35(21-26)53-48(65)55-18-15-27(16-19-55)31-10-12-36-40-32(31)7-4-8-33(40)46(62)57(36)37-13-14-38(58)54-45(37)61/h3-12,21-22,27,30,37,52H,13-20,23-25H2,1-2H3,(H,53,65)(H,59,60)(H,63,64)(H,54,58,61)/t30-,37?/m1/s1. The molecule has 0 radical (unpaired) electrons. The summed E-state index contributed by atoms with van der Waals surface area (Å²) >= 11 is 7.37. The number of halogens is 2. The Labute approximate surface area is 410 Å². The maximum absolute atomic E-state index is 15.3. The number of hydrogen-bond acceptors (Lipinski definition) is 11. The molecule has 5 aromatic rings. The molecule has 4 aliphatic heterocycles. The number of urea groups is 1. The number of carbonyl (C=O) groups excluding carboxylic acids is 4. The molecule has 5 heterocycles. The minimum Gasteiger partial charge on any atom is -0.479 e. The maximum atomic E-state index is 15.3. The van der Waals surface area contributed by atoms with Crippen LogP contribution >= 0.6 is 22.9 Å². The van der Waals surface area contributed by atoms with Crippen molar-refractivity contribution < 1.29 is 56.5 Å². The number of anilines is 3. The number of rotatable bonds is 13. The van der Waals surface area contributed by atoms with E-state index in [1.165, 1.54) is 21.3 Å². The van der Waals surface area contributed by atoms with Crippen LogP contribution in [0.15, 0.2) is 72.8 Å². The molecule has 3 fully saturated rings. The monoisotopic (exact) mass is 1010 g/mol. The summed E-state index contributed by atoms with van der Waals surface area (Å²) in [5.74, 6) is -5.11. The molecule has 0 aliphatic carbocycles. The van der Waals surface area contributed by atoms with E-state index in [2.05, 4.69) is 16.0 Å².